The third kappa shape index (κ3) is 4.11. The summed E-state index contributed by atoms with van der Waals surface area (Å²) in [7, 11) is 0. The number of aliphatic hydroxyl groups is 1. The number of ether oxygens (including phenoxy) is 1. The Labute approximate surface area is 221 Å². The van der Waals surface area contributed by atoms with Crippen LogP contribution < -0.4 is 10.6 Å². The van der Waals surface area contributed by atoms with Gasteiger partial charge in [-0.2, -0.15) is 0 Å². The molecule has 3 amide bonds. The van der Waals surface area contributed by atoms with Crippen LogP contribution in [0, 0.1) is 17.8 Å². The minimum absolute atomic E-state index is 0.126. The number of fused-ring (bicyclic) bond motifs is 1. The molecule has 3 fully saturated rings. The van der Waals surface area contributed by atoms with Crippen molar-refractivity contribution < 1.29 is 24.2 Å². The Hall–Kier alpha value is -2.94. The number of nitrogens with one attached hydrogen (secondary N) is 2. The van der Waals surface area contributed by atoms with Gasteiger partial charge in [0.1, 0.15) is 11.6 Å². The molecule has 0 saturated carbocycles. The van der Waals surface area contributed by atoms with Gasteiger partial charge < -0.3 is 25.4 Å². The predicted molar refractivity (Wildman–Crippen MR) is 140 cm³/mol. The quantitative estimate of drug-likeness (QED) is 0.511. The Kier molecular flexibility index (Phi) is 6.54. The largest absolute Gasteiger partial charge is 0.394 e. The maximum atomic E-state index is 14.2. The predicted octanol–water partition coefficient (Wildman–Crippen LogP) is 3.70. The van der Waals surface area contributed by atoms with E-state index in [2.05, 4.69) is 10.6 Å². The summed E-state index contributed by atoms with van der Waals surface area (Å²) in [5.74, 6) is -2.80. The lowest BCUT2D eigenvalue weighted by Crippen LogP contribution is -2.57. The summed E-state index contributed by atoms with van der Waals surface area (Å²) in [6.07, 6.45) is 0.994. The number of carbonyl (C=O) groups is 3. The van der Waals surface area contributed by atoms with Gasteiger partial charge in [-0.3, -0.25) is 14.4 Å². The zero-order chi connectivity index (χ0) is 26.5. The average molecular weight is 526 g/mol. The molecule has 37 heavy (non-hydrogen) atoms. The second-order valence-corrected chi connectivity index (χ2v) is 11.3. The number of anilines is 2. The summed E-state index contributed by atoms with van der Waals surface area (Å²) in [5.41, 5.74) is -0.911. The molecule has 8 nitrogen and oxygen atoms in total. The Morgan fingerprint density at radius 1 is 1.05 bits per heavy atom. The van der Waals surface area contributed by atoms with E-state index in [4.69, 9.17) is 16.3 Å². The molecule has 2 unspecified atom stereocenters. The van der Waals surface area contributed by atoms with Gasteiger partial charge in [-0.25, -0.2) is 0 Å². The molecule has 196 valence electrons. The van der Waals surface area contributed by atoms with Crippen LogP contribution in [0.2, 0.25) is 5.02 Å². The molecule has 2 bridgehead atoms. The van der Waals surface area contributed by atoms with Crippen LogP contribution in [-0.4, -0.2) is 57.6 Å². The van der Waals surface area contributed by atoms with Crippen molar-refractivity contribution in [1.82, 2.24) is 4.90 Å². The van der Waals surface area contributed by atoms with Crippen LogP contribution in [0.15, 0.2) is 54.6 Å². The van der Waals surface area contributed by atoms with Crippen molar-refractivity contribution in [3.63, 3.8) is 0 Å². The van der Waals surface area contributed by atoms with E-state index in [1.807, 2.05) is 39.0 Å². The molecule has 1 spiro atoms. The lowest BCUT2D eigenvalue weighted by molar-refractivity contribution is -0.148. The minimum Gasteiger partial charge on any atom is -0.394 e. The van der Waals surface area contributed by atoms with Gasteiger partial charge in [0.2, 0.25) is 17.7 Å². The minimum atomic E-state index is -1.18. The number of amides is 3. The number of hydrogen-bond donors (Lipinski definition) is 3. The van der Waals surface area contributed by atoms with E-state index in [-0.39, 0.29) is 24.3 Å². The maximum Gasteiger partial charge on any atom is 0.250 e. The van der Waals surface area contributed by atoms with E-state index in [9.17, 15) is 19.5 Å². The number of para-hydroxylation sites is 1. The molecule has 0 radical (unpaired) electrons. The smallest absolute Gasteiger partial charge is 0.250 e. The van der Waals surface area contributed by atoms with E-state index in [1.54, 1.807) is 36.4 Å². The van der Waals surface area contributed by atoms with Crippen molar-refractivity contribution >= 4 is 40.7 Å². The number of aliphatic hydroxyl groups excluding tert-OH is 1. The number of carbonyl (C=O) groups excluding carboxylic acids is 3. The first kappa shape index (κ1) is 25.7. The monoisotopic (exact) mass is 525 g/mol. The van der Waals surface area contributed by atoms with E-state index >= 15 is 0 Å². The normalized spacial score (nSPS) is 30.9. The highest BCUT2D eigenvalue weighted by Crippen LogP contribution is 2.63. The molecule has 2 aromatic rings. The highest BCUT2D eigenvalue weighted by atomic mass is 35.5. The molecule has 5 rings (SSSR count). The summed E-state index contributed by atoms with van der Waals surface area (Å²) >= 11 is 6.00. The number of hydrogen-bond acceptors (Lipinski definition) is 5. The van der Waals surface area contributed by atoms with Crippen molar-refractivity contribution in [1.29, 1.82) is 0 Å². The van der Waals surface area contributed by atoms with Crippen LogP contribution in [0.25, 0.3) is 0 Å². The van der Waals surface area contributed by atoms with Crippen molar-refractivity contribution in [3.05, 3.63) is 59.6 Å². The maximum absolute atomic E-state index is 14.2. The number of benzene rings is 2. The molecule has 0 aromatic heterocycles. The Morgan fingerprint density at radius 3 is 2.30 bits per heavy atom. The Balaban J connectivity index is 1.54. The first-order valence-electron chi connectivity index (χ1n) is 12.7. The van der Waals surface area contributed by atoms with Gasteiger partial charge >= 0.3 is 0 Å². The molecule has 9 heteroatoms. The van der Waals surface area contributed by atoms with Gasteiger partial charge in [-0.1, -0.05) is 43.6 Å². The van der Waals surface area contributed by atoms with E-state index in [0.29, 0.717) is 29.2 Å². The molecule has 3 aliphatic heterocycles. The van der Waals surface area contributed by atoms with E-state index in [0.717, 1.165) is 0 Å². The van der Waals surface area contributed by atoms with Crippen LogP contribution in [0.3, 0.4) is 0 Å². The van der Waals surface area contributed by atoms with Crippen LogP contribution in [0.1, 0.15) is 33.6 Å². The average Bonchev–Trinajstić information content (AvgIpc) is 3.42. The zero-order valence-corrected chi connectivity index (χ0v) is 21.9. The molecule has 3 N–H and O–H groups in total. The van der Waals surface area contributed by atoms with Gasteiger partial charge in [0, 0.05) is 16.4 Å². The molecule has 2 aromatic carbocycles. The van der Waals surface area contributed by atoms with Gasteiger partial charge in [-0.15, -0.1) is 0 Å². The summed E-state index contributed by atoms with van der Waals surface area (Å²) in [5, 5.41) is 16.7. The topological polar surface area (TPSA) is 108 Å². The Morgan fingerprint density at radius 2 is 1.68 bits per heavy atom. The second-order valence-electron chi connectivity index (χ2n) is 10.8. The molecule has 3 saturated heterocycles. The number of likely N-dealkylation sites (tertiary alicyclic amines) is 1. The summed E-state index contributed by atoms with van der Waals surface area (Å²) < 4.78 is 6.62. The van der Waals surface area contributed by atoms with Crippen LogP contribution >= 0.6 is 11.6 Å². The van der Waals surface area contributed by atoms with Crippen LogP contribution in [-0.2, 0) is 19.1 Å². The van der Waals surface area contributed by atoms with E-state index < -0.39 is 41.0 Å². The molecule has 3 aliphatic rings. The third-order valence-electron chi connectivity index (χ3n) is 8.21. The fourth-order valence-electron chi connectivity index (χ4n) is 6.53. The molecule has 6 atom stereocenters. The summed E-state index contributed by atoms with van der Waals surface area (Å²) in [6, 6.07) is 14.2. The van der Waals surface area contributed by atoms with Gasteiger partial charge in [0.15, 0.2) is 0 Å². The van der Waals surface area contributed by atoms with Crippen molar-refractivity contribution in [2.24, 2.45) is 17.8 Å². The van der Waals surface area contributed by atoms with Gasteiger partial charge in [0.05, 0.1) is 30.1 Å². The molecule has 0 aliphatic carbocycles. The van der Waals surface area contributed by atoms with E-state index in [1.165, 1.54) is 4.90 Å². The highest BCUT2D eigenvalue weighted by molar-refractivity contribution is 6.30. The summed E-state index contributed by atoms with van der Waals surface area (Å²) in [6.45, 7) is 5.34. The molecule has 3 heterocycles. The second kappa shape index (κ2) is 9.42. The molecular weight excluding hydrogens is 494 g/mol. The van der Waals surface area contributed by atoms with Crippen molar-refractivity contribution in [2.45, 2.75) is 56.9 Å². The first-order chi connectivity index (χ1) is 17.6. The van der Waals surface area contributed by atoms with Crippen molar-refractivity contribution in [2.75, 3.05) is 17.2 Å². The SMILES string of the molecule is CC(C)[C@H](CO)N1C(=O)[C@@H]2[C@H](C(=O)Nc3ccccc3)[C@]3(C)CCC2(O3)C1C(=O)Nc1ccc(Cl)cc1. The molecular formula is C28H32ClN3O5. The van der Waals surface area contributed by atoms with Crippen molar-refractivity contribution in [3.8, 4) is 0 Å². The number of rotatable bonds is 7. The van der Waals surface area contributed by atoms with Gasteiger partial charge in [-0.05, 0) is 62.1 Å². The Bertz CT molecular complexity index is 1210. The summed E-state index contributed by atoms with van der Waals surface area (Å²) in [4.78, 5) is 43.2. The van der Waals surface area contributed by atoms with Crippen LogP contribution in [0.4, 0.5) is 11.4 Å². The van der Waals surface area contributed by atoms with Gasteiger partial charge in [0.25, 0.3) is 0 Å². The number of nitrogens with zero attached hydrogens (tertiary/aromatic N) is 1. The third-order valence-corrected chi connectivity index (χ3v) is 8.46. The number of halogens is 1. The van der Waals surface area contributed by atoms with Crippen LogP contribution in [0.5, 0.6) is 0 Å². The fraction of sp³-hybridized carbons (Fsp3) is 0.464. The lowest BCUT2D eigenvalue weighted by atomic mass is 9.66. The highest BCUT2D eigenvalue weighted by Gasteiger charge is 2.78. The fourth-order valence-corrected chi connectivity index (χ4v) is 6.65. The standard InChI is InChI=1S/C28H32ClN3O5/c1-16(2)20(15-33)32-23(25(35)31-19-11-9-17(29)10-12-19)28-14-13-27(3,37-28)21(22(28)26(32)36)24(34)30-18-7-5-4-6-8-18/h4-12,16,20-23,33H,13-15H2,1-3H3,(H,30,34)(H,31,35)/t20-,21+,22-,23?,27-,28?/m0/s1. The lowest BCUT2D eigenvalue weighted by Gasteiger charge is -2.38. The first-order valence-corrected chi connectivity index (χ1v) is 13.0. The zero-order valence-electron chi connectivity index (χ0n) is 21.1.